The molecule has 0 fully saturated rings. The molecule has 0 saturated heterocycles. The van der Waals surface area contributed by atoms with E-state index in [4.69, 9.17) is 0 Å². The highest BCUT2D eigenvalue weighted by Crippen LogP contribution is 2.23. The van der Waals surface area contributed by atoms with E-state index in [1.165, 1.54) is 16.2 Å². The standard InChI is InChI=1S/C15H12N2O2S/c1-17(11-3-2-4-12(18)8-11)15(19)10-5-6-13-14(7-10)20-9-16-13/h2-9,18H,1H3. The number of thiazole rings is 1. The minimum Gasteiger partial charge on any atom is -0.508 e. The van der Waals surface area contributed by atoms with Crippen LogP contribution in [0.2, 0.25) is 0 Å². The highest BCUT2D eigenvalue weighted by Gasteiger charge is 2.14. The number of amides is 1. The molecule has 0 aliphatic rings. The van der Waals surface area contributed by atoms with Crippen molar-refractivity contribution < 1.29 is 9.90 Å². The quantitative estimate of drug-likeness (QED) is 0.785. The van der Waals surface area contributed by atoms with Crippen LogP contribution >= 0.6 is 11.3 Å². The van der Waals surface area contributed by atoms with Gasteiger partial charge in [-0.05, 0) is 30.3 Å². The predicted molar refractivity (Wildman–Crippen MR) is 80.5 cm³/mol. The molecule has 1 heterocycles. The monoisotopic (exact) mass is 284 g/mol. The smallest absolute Gasteiger partial charge is 0.258 e. The second-order valence-electron chi connectivity index (χ2n) is 4.42. The average Bonchev–Trinajstić information content (AvgIpc) is 2.93. The fourth-order valence-corrected chi connectivity index (χ4v) is 2.72. The van der Waals surface area contributed by atoms with Gasteiger partial charge in [-0.15, -0.1) is 11.3 Å². The Hall–Kier alpha value is -2.40. The van der Waals surface area contributed by atoms with Gasteiger partial charge in [-0.1, -0.05) is 6.07 Å². The predicted octanol–water partition coefficient (Wildman–Crippen LogP) is 3.28. The van der Waals surface area contributed by atoms with Crippen molar-refractivity contribution in [1.29, 1.82) is 0 Å². The molecular formula is C15H12N2O2S. The first kappa shape index (κ1) is 12.6. The molecule has 0 atom stereocenters. The molecule has 1 aromatic heterocycles. The highest BCUT2D eigenvalue weighted by molar-refractivity contribution is 7.16. The van der Waals surface area contributed by atoms with E-state index in [0.29, 0.717) is 11.3 Å². The van der Waals surface area contributed by atoms with E-state index in [-0.39, 0.29) is 11.7 Å². The maximum Gasteiger partial charge on any atom is 0.258 e. The van der Waals surface area contributed by atoms with Gasteiger partial charge in [0.2, 0.25) is 0 Å². The van der Waals surface area contributed by atoms with Crippen LogP contribution in [0, 0.1) is 0 Å². The molecule has 2 aromatic carbocycles. The summed E-state index contributed by atoms with van der Waals surface area (Å²) in [5, 5.41) is 9.48. The molecule has 3 rings (SSSR count). The molecule has 4 nitrogen and oxygen atoms in total. The maximum absolute atomic E-state index is 12.5. The van der Waals surface area contributed by atoms with Crippen LogP contribution in [0.15, 0.2) is 48.0 Å². The number of aromatic hydroxyl groups is 1. The number of phenols is 1. The average molecular weight is 284 g/mol. The number of rotatable bonds is 2. The molecule has 1 N–H and O–H groups in total. The second-order valence-corrected chi connectivity index (χ2v) is 5.31. The van der Waals surface area contributed by atoms with Crippen LogP contribution in [0.3, 0.4) is 0 Å². The summed E-state index contributed by atoms with van der Waals surface area (Å²) in [7, 11) is 1.69. The Labute approximate surface area is 119 Å². The maximum atomic E-state index is 12.5. The first-order valence-corrected chi connectivity index (χ1v) is 6.93. The number of carbonyl (C=O) groups excluding carboxylic acids is 1. The highest BCUT2D eigenvalue weighted by atomic mass is 32.1. The molecular weight excluding hydrogens is 272 g/mol. The van der Waals surface area contributed by atoms with E-state index in [0.717, 1.165) is 10.2 Å². The van der Waals surface area contributed by atoms with Gasteiger partial charge in [0, 0.05) is 24.4 Å². The molecule has 0 unspecified atom stereocenters. The summed E-state index contributed by atoms with van der Waals surface area (Å²) in [4.78, 5) is 18.2. The van der Waals surface area contributed by atoms with Gasteiger partial charge in [0.15, 0.2) is 0 Å². The van der Waals surface area contributed by atoms with Crippen LogP contribution in [-0.2, 0) is 0 Å². The van der Waals surface area contributed by atoms with E-state index in [9.17, 15) is 9.90 Å². The van der Waals surface area contributed by atoms with Crippen LogP contribution in [0.5, 0.6) is 5.75 Å². The first-order chi connectivity index (χ1) is 9.65. The number of anilines is 1. The van der Waals surface area contributed by atoms with Crippen molar-refractivity contribution in [2.24, 2.45) is 0 Å². The molecule has 5 heteroatoms. The third-order valence-electron chi connectivity index (χ3n) is 3.10. The fraction of sp³-hybridized carbons (Fsp3) is 0.0667. The van der Waals surface area contributed by atoms with Crippen LogP contribution in [-0.4, -0.2) is 23.0 Å². The molecule has 0 spiro atoms. The number of hydrogen-bond acceptors (Lipinski definition) is 4. The SMILES string of the molecule is CN(C(=O)c1ccc2ncsc2c1)c1cccc(O)c1. The summed E-state index contributed by atoms with van der Waals surface area (Å²) >= 11 is 1.51. The normalized spacial score (nSPS) is 10.7. The molecule has 3 aromatic rings. The van der Waals surface area contributed by atoms with E-state index < -0.39 is 0 Å². The van der Waals surface area contributed by atoms with Gasteiger partial charge in [-0.3, -0.25) is 4.79 Å². The first-order valence-electron chi connectivity index (χ1n) is 6.05. The van der Waals surface area contributed by atoms with E-state index >= 15 is 0 Å². The second kappa shape index (κ2) is 4.94. The molecule has 0 saturated carbocycles. The molecule has 20 heavy (non-hydrogen) atoms. The van der Waals surface area contributed by atoms with Gasteiger partial charge in [0.05, 0.1) is 15.7 Å². The lowest BCUT2D eigenvalue weighted by atomic mass is 10.1. The zero-order valence-electron chi connectivity index (χ0n) is 10.8. The molecule has 100 valence electrons. The van der Waals surface area contributed by atoms with Crippen molar-refractivity contribution in [3.8, 4) is 5.75 Å². The van der Waals surface area contributed by atoms with Gasteiger partial charge in [-0.25, -0.2) is 4.98 Å². The number of aromatic nitrogens is 1. The van der Waals surface area contributed by atoms with Crippen LogP contribution < -0.4 is 4.90 Å². The zero-order valence-corrected chi connectivity index (χ0v) is 11.6. The summed E-state index contributed by atoms with van der Waals surface area (Å²) in [6.07, 6.45) is 0. The minimum atomic E-state index is -0.120. The number of carbonyl (C=O) groups is 1. The van der Waals surface area contributed by atoms with Crippen molar-refractivity contribution >= 4 is 33.1 Å². The number of fused-ring (bicyclic) bond motifs is 1. The number of nitrogens with zero attached hydrogens (tertiary/aromatic N) is 2. The van der Waals surface area contributed by atoms with Gasteiger partial charge in [0.25, 0.3) is 5.91 Å². The van der Waals surface area contributed by atoms with Crippen molar-refractivity contribution in [3.63, 3.8) is 0 Å². The summed E-state index contributed by atoms with van der Waals surface area (Å²) in [5.41, 5.74) is 3.91. The van der Waals surface area contributed by atoms with Crippen molar-refractivity contribution in [2.45, 2.75) is 0 Å². The third kappa shape index (κ3) is 2.23. The molecule has 0 radical (unpaired) electrons. The Kier molecular flexibility index (Phi) is 3.12. The Morgan fingerprint density at radius 2 is 2.10 bits per heavy atom. The van der Waals surface area contributed by atoms with Gasteiger partial charge in [0.1, 0.15) is 5.75 Å². The zero-order chi connectivity index (χ0) is 14.1. The lowest BCUT2D eigenvalue weighted by Gasteiger charge is -2.17. The Morgan fingerprint density at radius 1 is 1.25 bits per heavy atom. The van der Waals surface area contributed by atoms with Gasteiger partial charge in [-0.2, -0.15) is 0 Å². The van der Waals surface area contributed by atoms with E-state index in [2.05, 4.69) is 4.98 Å². The van der Waals surface area contributed by atoms with Crippen molar-refractivity contribution in [2.75, 3.05) is 11.9 Å². The van der Waals surface area contributed by atoms with Gasteiger partial charge >= 0.3 is 0 Å². The molecule has 1 amide bonds. The largest absolute Gasteiger partial charge is 0.508 e. The lowest BCUT2D eigenvalue weighted by molar-refractivity contribution is 0.0993. The summed E-state index contributed by atoms with van der Waals surface area (Å²) in [6, 6.07) is 12.1. The minimum absolute atomic E-state index is 0.120. The van der Waals surface area contributed by atoms with Gasteiger partial charge < -0.3 is 10.0 Å². The third-order valence-corrected chi connectivity index (χ3v) is 3.89. The molecule has 0 aliphatic carbocycles. The summed E-state index contributed by atoms with van der Waals surface area (Å²) in [5.74, 6) is 0.0194. The Bertz CT molecular complexity index is 782. The lowest BCUT2D eigenvalue weighted by Crippen LogP contribution is -2.26. The summed E-state index contributed by atoms with van der Waals surface area (Å²) in [6.45, 7) is 0. The Balaban J connectivity index is 1.94. The topological polar surface area (TPSA) is 53.4 Å². The fourth-order valence-electron chi connectivity index (χ4n) is 2.00. The van der Waals surface area contributed by atoms with Crippen molar-refractivity contribution in [3.05, 3.63) is 53.5 Å². The van der Waals surface area contributed by atoms with Crippen LogP contribution in [0.1, 0.15) is 10.4 Å². The number of benzene rings is 2. The van der Waals surface area contributed by atoms with E-state index in [1.54, 1.807) is 42.9 Å². The number of hydrogen-bond donors (Lipinski definition) is 1. The van der Waals surface area contributed by atoms with E-state index in [1.807, 2.05) is 12.1 Å². The molecule has 0 aliphatic heterocycles. The molecule has 0 bridgehead atoms. The van der Waals surface area contributed by atoms with Crippen molar-refractivity contribution in [1.82, 2.24) is 4.98 Å². The Morgan fingerprint density at radius 3 is 2.90 bits per heavy atom. The summed E-state index contributed by atoms with van der Waals surface area (Å²) < 4.78 is 0.986. The van der Waals surface area contributed by atoms with Crippen LogP contribution in [0.4, 0.5) is 5.69 Å². The number of phenolic OH excluding ortho intramolecular Hbond substituents is 1. The van der Waals surface area contributed by atoms with Crippen LogP contribution in [0.25, 0.3) is 10.2 Å².